The first-order valence-corrected chi connectivity index (χ1v) is 9.23. The molecule has 0 spiro atoms. The molecule has 0 unspecified atom stereocenters. The van der Waals surface area contributed by atoms with Gasteiger partial charge in [0.25, 0.3) is 0 Å². The molecule has 1 aromatic heterocycles. The average Bonchev–Trinajstić information content (AvgIpc) is 3.01. The molecule has 0 fully saturated rings. The molecule has 0 aliphatic carbocycles. The van der Waals surface area contributed by atoms with E-state index in [0.29, 0.717) is 23.0 Å². The average molecular weight is 395 g/mol. The second-order valence-corrected chi connectivity index (χ2v) is 6.99. The zero-order valence-electron chi connectivity index (χ0n) is 15.2. The van der Waals surface area contributed by atoms with E-state index in [1.165, 1.54) is 24.3 Å². The van der Waals surface area contributed by atoms with Crippen molar-refractivity contribution >= 4 is 11.6 Å². The van der Waals surface area contributed by atoms with Gasteiger partial charge in [0.2, 0.25) is 0 Å². The minimum absolute atomic E-state index is 0.316. The summed E-state index contributed by atoms with van der Waals surface area (Å²) in [5, 5.41) is 5.16. The minimum atomic E-state index is -0.321. The molecule has 3 aromatic carbocycles. The van der Waals surface area contributed by atoms with Gasteiger partial charge >= 0.3 is 0 Å². The predicted octanol–water partition coefficient (Wildman–Crippen LogP) is 6.51. The van der Waals surface area contributed by atoms with Crippen molar-refractivity contribution in [2.45, 2.75) is 13.5 Å². The van der Waals surface area contributed by atoms with Crippen LogP contribution < -0.4 is 0 Å². The van der Waals surface area contributed by atoms with E-state index in [-0.39, 0.29) is 11.6 Å². The lowest BCUT2D eigenvalue weighted by Gasteiger charge is -2.10. The Morgan fingerprint density at radius 3 is 2.00 bits per heavy atom. The molecular formula is C23H17ClF2N2. The molecule has 4 aromatic rings. The second kappa shape index (κ2) is 7.56. The molecule has 2 nitrogen and oxygen atoms in total. The predicted molar refractivity (Wildman–Crippen MR) is 108 cm³/mol. The molecule has 0 aliphatic heterocycles. The van der Waals surface area contributed by atoms with E-state index in [0.717, 1.165) is 22.3 Å². The standard InChI is InChI=1S/C23H17ClF2N2/c1-15-4-2-3-5-18(15)14-28-23(17-8-12-20(26)13-9-17)21(24)22(27-28)16-6-10-19(25)11-7-16/h2-13H,14H2,1H3. The quantitative estimate of drug-likeness (QED) is 0.386. The summed E-state index contributed by atoms with van der Waals surface area (Å²) in [6.07, 6.45) is 0. The van der Waals surface area contributed by atoms with Crippen LogP contribution in [0.1, 0.15) is 11.1 Å². The van der Waals surface area contributed by atoms with Gasteiger partial charge in [0.1, 0.15) is 17.3 Å². The summed E-state index contributed by atoms with van der Waals surface area (Å²) in [6.45, 7) is 2.55. The van der Waals surface area contributed by atoms with Gasteiger partial charge in [-0.25, -0.2) is 8.78 Å². The van der Waals surface area contributed by atoms with Crippen LogP contribution in [0.25, 0.3) is 22.5 Å². The van der Waals surface area contributed by atoms with E-state index >= 15 is 0 Å². The Kier molecular flexibility index (Phi) is 4.97. The third-order valence-corrected chi connectivity index (χ3v) is 5.07. The van der Waals surface area contributed by atoms with Gasteiger partial charge in [-0.3, -0.25) is 4.68 Å². The lowest BCUT2D eigenvalue weighted by atomic mass is 10.1. The van der Waals surface area contributed by atoms with Crippen molar-refractivity contribution in [3.05, 3.63) is 101 Å². The fraction of sp³-hybridized carbons (Fsp3) is 0.0870. The summed E-state index contributed by atoms with van der Waals surface area (Å²) >= 11 is 6.71. The number of benzene rings is 3. The van der Waals surface area contributed by atoms with Gasteiger partial charge < -0.3 is 0 Å². The van der Waals surface area contributed by atoms with Crippen molar-refractivity contribution in [2.75, 3.05) is 0 Å². The summed E-state index contributed by atoms with van der Waals surface area (Å²) in [7, 11) is 0. The van der Waals surface area contributed by atoms with Gasteiger partial charge in [-0.05, 0) is 66.6 Å². The highest BCUT2D eigenvalue weighted by Crippen LogP contribution is 2.37. The van der Waals surface area contributed by atoms with Gasteiger partial charge in [0.05, 0.1) is 17.3 Å². The van der Waals surface area contributed by atoms with E-state index < -0.39 is 0 Å². The molecule has 5 heteroatoms. The first kappa shape index (κ1) is 18.4. The Labute approximate surface area is 167 Å². The van der Waals surface area contributed by atoms with Crippen LogP contribution in [0, 0.1) is 18.6 Å². The Bertz CT molecular complexity index is 1120. The van der Waals surface area contributed by atoms with Crippen LogP contribution in [-0.4, -0.2) is 9.78 Å². The van der Waals surface area contributed by atoms with Crippen LogP contribution in [0.2, 0.25) is 5.02 Å². The Morgan fingerprint density at radius 2 is 1.39 bits per heavy atom. The van der Waals surface area contributed by atoms with Crippen LogP contribution in [-0.2, 0) is 6.54 Å². The summed E-state index contributed by atoms with van der Waals surface area (Å²) < 4.78 is 28.6. The van der Waals surface area contributed by atoms with Crippen molar-refractivity contribution in [2.24, 2.45) is 0 Å². The molecule has 0 amide bonds. The fourth-order valence-electron chi connectivity index (χ4n) is 3.18. The molecule has 0 aliphatic rings. The number of halogens is 3. The lowest BCUT2D eigenvalue weighted by molar-refractivity contribution is 0.627. The van der Waals surface area contributed by atoms with E-state index in [2.05, 4.69) is 0 Å². The SMILES string of the molecule is Cc1ccccc1Cn1nc(-c2ccc(F)cc2)c(Cl)c1-c1ccc(F)cc1. The number of rotatable bonds is 4. The van der Waals surface area contributed by atoms with Gasteiger partial charge in [0.15, 0.2) is 0 Å². The van der Waals surface area contributed by atoms with Gasteiger partial charge in [-0.15, -0.1) is 0 Å². The van der Waals surface area contributed by atoms with Crippen molar-refractivity contribution in [3.8, 4) is 22.5 Å². The Balaban J connectivity index is 1.87. The van der Waals surface area contributed by atoms with Gasteiger partial charge in [-0.2, -0.15) is 5.10 Å². The van der Waals surface area contributed by atoms with Gasteiger partial charge in [0, 0.05) is 11.1 Å². The third kappa shape index (κ3) is 3.56. The molecule has 0 radical (unpaired) electrons. The highest BCUT2D eigenvalue weighted by atomic mass is 35.5. The van der Waals surface area contributed by atoms with E-state index in [9.17, 15) is 8.78 Å². The maximum atomic E-state index is 13.4. The zero-order chi connectivity index (χ0) is 19.7. The summed E-state index contributed by atoms with van der Waals surface area (Å²) in [5.41, 5.74) is 5.00. The summed E-state index contributed by atoms with van der Waals surface area (Å²) in [5.74, 6) is -0.637. The van der Waals surface area contributed by atoms with Gasteiger partial charge in [-0.1, -0.05) is 35.9 Å². The maximum Gasteiger partial charge on any atom is 0.123 e. The number of hydrogen-bond donors (Lipinski definition) is 0. The minimum Gasteiger partial charge on any atom is -0.258 e. The Hall–Kier alpha value is -2.98. The van der Waals surface area contributed by atoms with Crippen molar-refractivity contribution < 1.29 is 8.78 Å². The van der Waals surface area contributed by atoms with Crippen molar-refractivity contribution in [1.82, 2.24) is 9.78 Å². The number of aromatic nitrogens is 2. The zero-order valence-corrected chi connectivity index (χ0v) is 15.9. The maximum absolute atomic E-state index is 13.4. The third-order valence-electron chi connectivity index (χ3n) is 4.71. The van der Waals surface area contributed by atoms with Crippen LogP contribution in [0.15, 0.2) is 72.8 Å². The van der Waals surface area contributed by atoms with Crippen LogP contribution in [0.3, 0.4) is 0 Å². The van der Waals surface area contributed by atoms with Crippen LogP contribution in [0.5, 0.6) is 0 Å². The monoisotopic (exact) mass is 394 g/mol. The molecule has 0 saturated carbocycles. The largest absolute Gasteiger partial charge is 0.258 e. The smallest absolute Gasteiger partial charge is 0.123 e. The van der Waals surface area contributed by atoms with E-state index in [1.54, 1.807) is 24.3 Å². The van der Waals surface area contributed by atoms with E-state index in [4.69, 9.17) is 16.7 Å². The molecule has 0 atom stereocenters. The molecule has 140 valence electrons. The van der Waals surface area contributed by atoms with Crippen LogP contribution >= 0.6 is 11.6 Å². The summed E-state index contributed by atoms with van der Waals surface area (Å²) in [4.78, 5) is 0. The highest BCUT2D eigenvalue weighted by molar-refractivity contribution is 6.35. The molecule has 1 heterocycles. The van der Waals surface area contributed by atoms with Crippen molar-refractivity contribution in [1.29, 1.82) is 0 Å². The number of nitrogens with zero attached hydrogens (tertiary/aromatic N) is 2. The molecule has 0 N–H and O–H groups in total. The van der Waals surface area contributed by atoms with E-state index in [1.807, 2.05) is 35.9 Å². The summed E-state index contributed by atoms with van der Waals surface area (Å²) in [6, 6.07) is 20.3. The second-order valence-electron chi connectivity index (χ2n) is 6.61. The first-order chi connectivity index (χ1) is 13.5. The first-order valence-electron chi connectivity index (χ1n) is 8.85. The van der Waals surface area contributed by atoms with Crippen molar-refractivity contribution in [3.63, 3.8) is 0 Å². The molecule has 0 saturated heterocycles. The Morgan fingerprint density at radius 1 is 0.821 bits per heavy atom. The topological polar surface area (TPSA) is 17.8 Å². The molecule has 4 rings (SSSR count). The highest BCUT2D eigenvalue weighted by Gasteiger charge is 2.20. The number of aryl methyl sites for hydroxylation is 1. The lowest BCUT2D eigenvalue weighted by Crippen LogP contribution is -2.05. The molecule has 28 heavy (non-hydrogen) atoms. The fourth-order valence-corrected chi connectivity index (χ4v) is 3.53. The molecule has 0 bridgehead atoms. The van der Waals surface area contributed by atoms with Crippen LogP contribution in [0.4, 0.5) is 8.78 Å². The number of hydrogen-bond acceptors (Lipinski definition) is 1. The molecular weight excluding hydrogens is 378 g/mol. The normalized spacial score (nSPS) is 11.0.